The predicted molar refractivity (Wildman–Crippen MR) is 85.0 cm³/mol. The van der Waals surface area contributed by atoms with Crippen LogP contribution < -0.4 is 11.1 Å². The zero-order valence-electron chi connectivity index (χ0n) is 11.6. The summed E-state index contributed by atoms with van der Waals surface area (Å²) in [4.78, 5) is 16.6. The minimum Gasteiger partial charge on any atom is -0.397 e. The number of rotatable bonds is 2. The lowest BCUT2D eigenvalue weighted by atomic mass is 10.1. The fraction of sp³-hybridized carbons (Fsp3) is 0.200. The number of anilines is 2. The Bertz CT molecular complexity index is 660. The van der Waals surface area contributed by atoms with E-state index in [0.717, 1.165) is 15.7 Å². The van der Waals surface area contributed by atoms with Crippen LogP contribution in [-0.4, -0.2) is 10.9 Å². The molecule has 2 aromatic rings. The van der Waals surface area contributed by atoms with E-state index in [0.29, 0.717) is 22.6 Å². The Morgan fingerprint density at radius 3 is 2.55 bits per heavy atom. The molecule has 0 aliphatic heterocycles. The summed E-state index contributed by atoms with van der Waals surface area (Å²) in [6.07, 6.45) is 0. The van der Waals surface area contributed by atoms with Gasteiger partial charge in [-0.1, -0.05) is 0 Å². The van der Waals surface area contributed by atoms with Crippen molar-refractivity contribution in [1.82, 2.24) is 4.98 Å². The van der Waals surface area contributed by atoms with Gasteiger partial charge in [0.25, 0.3) is 5.91 Å². The van der Waals surface area contributed by atoms with E-state index in [1.807, 2.05) is 39.0 Å². The van der Waals surface area contributed by atoms with Gasteiger partial charge in [-0.2, -0.15) is 0 Å². The maximum Gasteiger partial charge on any atom is 0.257 e. The second-order valence-corrected chi connectivity index (χ2v) is 5.61. The topological polar surface area (TPSA) is 68.0 Å². The molecule has 3 N–H and O–H groups in total. The number of nitrogens with one attached hydrogen (secondary N) is 1. The van der Waals surface area contributed by atoms with E-state index in [1.54, 1.807) is 6.07 Å². The number of nitrogens with zero attached hydrogens (tertiary/aromatic N) is 1. The van der Waals surface area contributed by atoms with Crippen molar-refractivity contribution in [1.29, 1.82) is 0 Å². The summed E-state index contributed by atoms with van der Waals surface area (Å²) >= 11 is 3.42. The molecule has 0 aliphatic carbocycles. The maximum atomic E-state index is 12.3. The first kappa shape index (κ1) is 14.5. The number of carbonyl (C=O) groups excluding carboxylic acids is 1. The van der Waals surface area contributed by atoms with E-state index in [-0.39, 0.29) is 5.91 Å². The first-order chi connectivity index (χ1) is 9.38. The molecule has 0 bridgehead atoms. The van der Waals surface area contributed by atoms with Gasteiger partial charge in [0, 0.05) is 10.2 Å². The molecule has 0 saturated carbocycles. The quantitative estimate of drug-likeness (QED) is 0.825. The summed E-state index contributed by atoms with van der Waals surface area (Å²) in [5, 5.41) is 2.83. The lowest BCUT2D eigenvalue weighted by Gasteiger charge is -2.12. The number of pyridine rings is 1. The molecule has 1 aromatic carbocycles. The highest BCUT2D eigenvalue weighted by atomic mass is 79.9. The van der Waals surface area contributed by atoms with Gasteiger partial charge in [0.05, 0.1) is 22.6 Å². The fourth-order valence-electron chi connectivity index (χ4n) is 2.01. The van der Waals surface area contributed by atoms with E-state index in [1.165, 1.54) is 0 Å². The van der Waals surface area contributed by atoms with Crippen LogP contribution in [0, 0.1) is 20.8 Å². The van der Waals surface area contributed by atoms with Crippen molar-refractivity contribution in [2.45, 2.75) is 20.8 Å². The smallest absolute Gasteiger partial charge is 0.257 e. The van der Waals surface area contributed by atoms with Gasteiger partial charge in [-0.25, -0.2) is 0 Å². The maximum absolute atomic E-state index is 12.3. The van der Waals surface area contributed by atoms with Crippen molar-refractivity contribution in [3.8, 4) is 0 Å². The summed E-state index contributed by atoms with van der Waals surface area (Å²) in [6.45, 7) is 5.65. The van der Waals surface area contributed by atoms with Crippen molar-refractivity contribution in [2.24, 2.45) is 0 Å². The zero-order valence-corrected chi connectivity index (χ0v) is 13.2. The lowest BCUT2D eigenvalue weighted by Crippen LogP contribution is -2.16. The summed E-state index contributed by atoms with van der Waals surface area (Å²) in [5.74, 6) is -0.216. The van der Waals surface area contributed by atoms with Crippen LogP contribution in [0.4, 0.5) is 11.4 Å². The normalized spacial score (nSPS) is 10.4. The predicted octanol–water partition coefficient (Wildman–Crippen LogP) is 3.60. The average Bonchev–Trinajstić information content (AvgIpc) is 2.33. The van der Waals surface area contributed by atoms with Crippen molar-refractivity contribution in [2.75, 3.05) is 11.1 Å². The number of aromatic nitrogens is 1. The van der Waals surface area contributed by atoms with Crippen molar-refractivity contribution in [3.05, 3.63) is 51.3 Å². The van der Waals surface area contributed by atoms with Crippen molar-refractivity contribution < 1.29 is 4.79 Å². The monoisotopic (exact) mass is 333 g/mol. The van der Waals surface area contributed by atoms with Gasteiger partial charge in [-0.3, -0.25) is 9.78 Å². The highest BCUT2D eigenvalue weighted by molar-refractivity contribution is 9.10. The standard InChI is InChI=1S/C15H16BrN3O/c1-8-6-12(16)14(13(17)7-8)19-15(20)11-5-4-9(2)18-10(11)3/h4-7H,17H2,1-3H3,(H,19,20). The third-order valence-corrected chi connectivity index (χ3v) is 3.60. The van der Waals surface area contributed by atoms with Gasteiger partial charge < -0.3 is 11.1 Å². The van der Waals surface area contributed by atoms with Crippen LogP contribution in [0.25, 0.3) is 0 Å². The molecule has 20 heavy (non-hydrogen) atoms. The zero-order chi connectivity index (χ0) is 14.9. The minimum absolute atomic E-state index is 0.216. The van der Waals surface area contributed by atoms with Crippen LogP contribution in [-0.2, 0) is 0 Å². The van der Waals surface area contributed by atoms with E-state index >= 15 is 0 Å². The number of hydrogen-bond acceptors (Lipinski definition) is 3. The molecule has 0 fully saturated rings. The summed E-state index contributed by atoms with van der Waals surface area (Å²) in [6, 6.07) is 7.31. The Hall–Kier alpha value is -1.88. The van der Waals surface area contributed by atoms with Gasteiger partial charge in [-0.05, 0) is 66.5 Å². The molecule has 0 unspecified atom stereocenters. The van der Waals surface area contributed by atoms with E-state index in [9.17, 15) is 4.79 Å². The molecule has 0 radical (unpaired) electrons. The molecule has 0 atom stereocenters. The van der Waals surface area contributed by atoms with Crippen LogP contribution >= 0.6 is 15.9 Å². The Kier molecular flexibility index (Phi) is 4.09. The Balaban J connectivity index is 2.33. The third kappa shape index (κ3) is 2.99. The van der Waals surface area contributed by atoms with Crippen LogP contribution in [0.5, 0.6) is 0 Å². The molecule has 5 heteroatoms. The van der Waals surface area contributed by atoms with Gasteiger partial charge in [0.15, 0.2) is 0 Å². The molecular formula is C15H16BrN3O. The summed E-state index contributed by atoms with van der Waals surface area (Å²) < 4.78 is 0.765. The molecule has 0 spiro atoms. The van der Waals surface area contributed by atoms with Crippen LogP contribution in [0.2, 0.25) is 0 Å². The van der Waals surface area contributed by atoms with Crippen molar-refractivity contribution in [3.63, 3.8) is 0 Å². The number of hydrogen-bond donors (Lipinski definition) is 2. The number of benzene rings is 1. The molecule has 0 aliphatic rings. The van der Waals surface area contributed by atoms with E-state index in [2.05, 4.69) is 26.2 Å². The van der Waals surface area contributed by atoms with E-state index in [4.69, 9.17) is 5.73 Å². The molecule has 104 valence electrons. The molecule has 4 nitrogen and oxygen atoms in total. The number of amides is 1. The molecule has 0 saturated heterocycles. The van der Waals surface area contributed by atoms with E-state index < -0.39 is 0 Å². The third-order valence-electron chi connectivity index (χ3n) is 2.97. The van der Waals surface area contributed by atoms with Gasteiger partial charge >= 0.3 is 0 Å². The SMILES string of the molecule is Cc1cc(N)c(NC(=O)c2ccc(C)nc2C)c(Br)c1. The Morgan fingerprint density at radius 1 is 1.25 bits per heavy atom. The highest BCUT2D eigenvalue weighted by Crippen LogP contribution is 2.30. The Labute approximate surface area is 126 Å². The fourth-order valence-corrected chi connectivity index (χ4v) is 2.70. The number of carbonyl (C=O) groups is 1. The minimum atomic E-state index is -0.216. The Morgan fingerprint density at radius 2 is 1.95 bits per heavy atom. The summed E-state index contributed by atoms with van der Waals surface area (Å²) in [5.41, 5.74) is 10.2. The number of nitrogen functional groups attached to an aromatic ring is 1. The number of halogens is 1. The molecule has 2 rings (SSSR count). The van der Waals surface area contributed by atoms with Crippen LogP contribution in [0.15, 0.2) is 28.7 Å². The largest absolute Gasteiger partial charge is 0.397 e. The van der Waals surface area contributed by atoms with Crippen LogP contribution in [0.1, 0.15) is 27.3 Å². The average molecular weight is 334 g/mol. The van der Waals surface area contributed by atoms with Gasteiger partial charge in [0.1, 0.15) is 0 Å². The first-order valence-corrected chi connectivity index (χ1v) is 6.99. The molecule has 1 aromatic heterocycles. The van der Waals surface area contributed by atoms with Crippen molar-refractivity contribution >= 4 is 33.2 Å². The second-order valence-electron chi connectivity index (χ2n) is 4.75. The van der Waals surface area contributed by atoms with Gasteiger partial charge in [0.2, 0.25) is 0 Å². The van der Waals surface area contributed by atoms with Gasteiger partial charge in [-0.15, -0.1) is 0 Å². The number of nitrogens with two attached hydrogens (primary N) is 1. The summed E-state index contributed by atoms with van der Waals surface area (Å²) in [7, 11) is 0. The van der Waals surface area contributed by atoms with Crippen LogP contribution in [0.3, 0.4) is 0 Å². The highest BCUT2D eigenvalue weighted by Gasteiger charge is 2.14. The molecular weight excluding hydrogens is 318 g/mol. The first-order valence-electron chi connectivity index (χ1n) is 6.19. The lowest BCUT2D eigenvalue weighted by molar-refractivity contribution is 0.102. The second kappa shape index (κ2) is 5.63. The number of aryl methyl sites for hydroxylation is 3. The molecule has 1 heterocycles. The molecule has 1 amide bonds.